The van der Waals surface area contributed by atoms with Gasteiger partial charge in [0.05, 0.1) is 23.8 Å². The number of rotatable bonds is 4. The van der Waals surface area contributed by atoms with Crippen LogP contribution in [0.4, 0.5) is 5.82 Å². The number of hydrogen-bond donors (Lipinski definition) is 5. The molecule has 6 N–H and O–H groups in total. The van der Waals surface area contributed by atoms with Crippen LogP contribution in [0.1, 0.15) is 16.6 Å². The van der Waals surface area contributed by atoms with E-state index in [0.717, 1.165) is 0 Å². The lowest BCUT2D eigenvalue weighted by Gasteiger charge is -2.17. The molecule has 12 heteroatoms. The van der Waals surface area contributed by atoms with Gasteiger partial charge in [-0.15, -0.1) is 0 Å². The molecular weight excluding hydrogens is 370 g/mol. The molecule has 0 aromatic carbocycles. The predicted molar refractivity (Wildman–Crippen MR) is 95.5 cm³/mol. The van der Waals surface area contributed by atoms with Crippen molar-refractivity contribution in [1.82, 2.24) is 29.6 Å². The minimum absolute atomic E-state index is 0.117. The van der Waals surface area contributed by atoms with Gasteiger partial charge < -0.3 is 35.7 Å². The van der Waals surface area contributed by atoms with Crippen molar-refractivity contribution in [2.75, 3.05) is 19.4 Å². The molecule has 0 radical (unpaired) electrons. The fraction of sp³-hybridized carbons (Fsp3) is 0.375. The van der Waals surface area contributed by atoms with Crippen molar-refractivity contribution in [1.29, 1.82) is 0 Å². The number of aliphatic hydroxyl groups is 3. The number of nitrogen functional groups attached to an aromatic ring is 1. The zero-order chi connectivity index (χ0) is 20.0. The molecule has 0 aliphatic carbocycles. The lowest BCUT2D eigenvalue weighted by atomic mass is 10.1. The number of carbonyl (C=O) groups is 1. The number of aliphatic hydroxyl groups excluding tert-OH is 3. The van der Waals surface area contributed by atoms with Crippen molar-refractivity contribution < 1.29 is 24.9 Å². The van der Waals surface area contributed by atoms with Gasteiger partial charge in [0.2, 0.25) is 0 Å². The first kappa shape index (κ1) is 18.3. The number of hydrogen-bond acceptors (Lipinski definition) is 9. The van der Waals surface area contributed by atoms with Crippen molar-refractivity contribution in [3.63, 3.8) is 0 Å². The maximum absolute atomic E-state index is 11.7. The van der Waals surface area contributed by atoms with Gasteiger partial charge in [0.15, 0.2) is 6.23 Å². The standard InChI is InChI=1S/C16H19N7O5/c1-18-14(27)7-4-19-23(5-7)16-20-12(17)8-2-3-22(13(8)21-16)15-11(26)10(25)9(6-24)28-15/h2-5,9-11,15,24-26H,6H2,1H3,(H,18,27)(H2,17,20,21)/t9-,10-,11-,15-/m1/s1. The van der Waals surface area contributed by atoms with Gasteiger partial charge in [-0.2, -0.15) is 15.1 Å². The Hall–Kier alpha value is -3.06. The molecule has 1 amide bonds. The average Bonchev–Trinajstić information content (AvgIpc) is 3.40. The lowest BCUT2D eigenvalue weighted by molar-refractivity contribution is -0.0508. The smallest absolute Gasteiger partial charge is 0.254 e. The maximum Gasteiger partial charge on any atom is 0.254 e. The Morgan fingerprint density at radius 1 is 1.36 bits per heavy atom. The van der Waals surface area contributed by atoms with Crippen LogP contribution in [0.15, 0.2) is 24.7 Å². The summed E-state index contributed by atoms with van der Waals surface area (Å²) in [6.45, 7) is -0.439. The van der Waals surface area contributed by atoms with E-state index in [1.807, 2.05) is 0 Å². The second-order valence-corrected chi connectivity index (χ2v) is 6.35. The highest BCUT2D eigenvalue weighted by molar-refractivity contribution is 5.93. The van der Waals surface area contributed by atoms with E-state index in [0.29, 0.717) is 16.6 Å². The maximum atomic E-state index is 11.7. The third-order valence-corrected chi connectivity index (χ3v) is 4.66. The number of nitrogens with one attached hydrogen (secondary N) is 1. The van der Waals surface area contributed by atoms with Crippen LogP contribution >= 0.6 is 0 Å². The van der Waals surface area contributed by atoms with Crippen molar-refractivity contribution in [3.05, 3.63) is 30.2 Å². The number of ether oxygens (including phenoxy) is 1. The molecular formula is C16H19N7O5. The molecule has 148 valence electrons. The summed E-state index contributed by atoms with van der Waals surface area (Å²) < 4.78 is 8.36. The second kappa shape index (κ2) is 6.83. The first-order valence-corrected chi connectivity index (χ1v) is 8.48. The zero-order valence-electron chi connectivity index (χ0n) is 14.8. The van der Waals surface area contributed by atoms with E-state index in [9.17, 15) is 20.1 Å². The van der Waals surface area contributed by atoms with E-state index in [1.165, 1.54) is 28.7 Å². The van der Waals surface area contributed by atoms with Crippen LogP contribution in [0.5, 0.6) is 0 Å². The highest BCUT2D eigenvalue weighted by Gasteiger charge is 2.43. The molecule has 1 fully saturated rings. The van der Waals surface area contributed by atoms with Crippen LogP contribution in [0.3, 0.4) is 0 Å². The Balaban J connectivity index is 1.77. The molecule has 0 spiro atoms. The van der Waals surface area contributed by atoms with Crippen molar-refractivity contribution in [3.8, 4) is 5.95 Å². The van der Waals surface area contributed by atoms with E-state index in [1.54, 1.807) is 12.3 Å². The molecule has 28 heavy (non-hydrogen) atoms. The molecule has 0 bridgehead atoms. The number of aromatic nitrogens is 5. The molecule has 0 saturated carbocycles. The minimum Gasteiger partial charge on any atom is -0.394 e. The van der Waals surface area contributed by atoms with Gasteiger partial charge in [-0.3, -0.25) is 4.79 Å². The van der Waals surface area contributed by atoms with Gasteiger partial charge >= 0.3 is 0 Å². The van der Waals surface area contributed by atoms with Gasteiger partial charge in [0.25, 0.3) is 11.9 Å². The van der Waals surface area contributed by atoms with Crippen molar-refractivity contribution >= 4 is 22.8 Å². The summed E-state index contributed by atoms with van der Waals surface area (Å²) in [5, 5.41) is 36.7. The Kier molecular flexibility index (Phi) is 4.47. The van der Waals surface area contributed by atoms with Crippen molar-refractivity contribution in [2.45, 2.75) is 24.5 Å². The molecule has 12 nitrogen and oxygen atoms in total. The van der Waals surface area contributed by atoms with Crippen LogP contribution in [-0.2, 0) is 4.74 Å². The summed E-state index contributed by atoms with van der Waals surface area (Å²) in [4.78, 5) is 20.4. The van der Waals surface area contributed by atoms with E-state index in [4.69, 9.17) is 10.5 Å². The molecule has 4 heterocycles. The highest BCUT2D eigenvalue weighted by atomic mass is 16.6. The van der Waals surface area contributed by atoms with Crippen LogP contribution in [0.25, 0.3) is 17.0 Å². The van der Waals surface area contributed by atoms with E-state index >= 15 is 0 Å². The van der Waals surface area contributed by atoms with Crippen LogP contribution < -0.4 is 11.1 Å². The molecule has 4 rings (SSSR count). The summed E-state index contributed by atoms with van der Waals surface area (Å²) in [6, 6.07) is 1.65. The SMILES string of the molecule is CNC(=O)c1cnn(-c2nc(N)c3ccn([C@@H]4O[C@H](CO)[C@@H](O)[C@H]4O)c3n2)c1. The topological polar surface area (TPSA) is 174 Å². The molecule has 1 saturated heterocycles. The Morgan fingerprint density at radius 3 is 2.82 bits per heavy atom. The molecule has 4 atom stereocenters. The molecule has 1 aliphatic rings. The van der Waals surface area contributed by atoms with Gasteiger partial charge in [-0.1, -0.05) is 0 Å². The number of nitrogens with two attached hydrogens (primary N) is 1. The third kappa shape index (κ3) is 2.79. The number of nitrogens with zero attached hydrogens (tertiary/aromatic N) is 5. The Labute approximate surface area is 158 Å². The Morgan fingerprint density at radius 2 is 2.14 bits per heavy atom. The monoisotopic (exact) mass is 389 g/mol. The summed E-state index contributed by atoms with van der Waals surface area (Å²) in [5.41, 5.74) is 6.70. The fourth-order valence-electron chi connectivity index (χ4n) is 3.16. The largest absolute Gasteiger partial charge is 0.394 e. The summed E-state index contributed by atoms with van der Waals surface area (Å²) in [7, 11) is 1.51. The molecule has 3 aromatic rings. The highest BCUT2D eigenvalue weighted by Crippen LogP contribution is 2.33. The van der Waals surface area contributed by atoms with Crippen LogP contribution in [-0.4, -0.2) is 77.5 Å². The summed E-state index contributed by atoms with van der Waals surface area (Å²) in [5.74, 6) is -0.0236. The number of anilines is 1. The predicted octanol–water partition coefficient (Wildman–Crippen LogP) is -1.83. The van der Waals surface area contributed by atoms with Gasteiger partial charge in [0.1, 0.15) is 29.8 Å². The zero-order valence-corrected chi connectivity index (χ0v) is 14.8. The van der Waals surface area contributed by atoms with Crippen molar-refractivity contribution in [2.24, 2.45) is 0 Å². The van der Waals surface area contributed by atoms with Crippen LogP contribution in [0, 0.1) is 0 Å². The summed E-state index contributed by atoms with van der Waals surface area (Å²) in [6.07, 6.45) is 0.0265. The summed E-state index contributed by atoms with van der Waals surface area (Å²) >= 11 is 0. The number of amides is 1. The molecule has 3 aromatic heterocycles. The number of carbonyl (C=O) groups excluding carboxylic acids is 1. The second-order valence-electron chi connectivity index (χ2n) is 6.35. The van der Waals surface area contributed by atoms with Crippen LogP contribution in [0.2, 0.25) is 0 Å². The molecule has 0 unspecified atom stereocenters. The van der Waals surface area contributed by atoms with Gasteiger partial charge in [0, 0.05) is 19.4 Å². The first-order valence-electron chi connectivity index (χ1n) is 8.48. The normalized spacial score (nSPS) is 24.7. The Bertz CT molecular complexity index is 1030. The quantitative estimate of drug-likeness (QED) is 0.344. The van der Waals surface area contributed by atoms with Gasteiger partial charge in [-0.05, 0) is 6.07 Å². The number of fused-ring (bicyclic) bond motifs is 1. The molecule has 1 aliphatic heterocycles. The first-order chi connectivity index (χ1) is 13.4. The van der Waals surface area contributed by atoms with E-state index in [-0.39, 0.29) is 17.7 Å². The third-order valence-electron chi connectivity index (χ3n) is 4.66. The fourth-order valence-corrected chi connectivity index (χ4v) is 3.16. The van der Waals surface area contributed by atoms with Gasteiger partial charge in [-0.25, -0.2) is 4.68 Å². The van der Waals surface area contributed by atoms with E-state index in [2.05, 4.69) is 20.4 Å². The lowest BCUT2D eigenvalue weighted by Crippen LogP contribution is -2.33. The van der Waals surface area contributed by atoms with E-state index < -0.39 is 31.1 Å². The average molecular weight is 389 g/mol. The minimum atomic E-state index is -1.27.